The molecular weight excluding hydrogens is 723 g/mol. The van der Waals surface area contributed by atoms with Gasteiger partial charge in [-0.1, -0.05) is 45.0 Å². The van der Waals surface area contributed by atoms with Crippen molar-refractivity contribution in [1.29, 1.82) is 0 Å². The quantitative estimate of drug-likeness (QED) is 0.172. The van der Waals surface area contributed by atoms with E-state index < -0.39 is 41.4 Å². The Kier molecular flexibility index (Phi) is 13.7. The maximum absolute atomic E-state index is 14.1. The molecule has 4 heterocycles. The molecular formula is C40H55N7O7S. The number of pyridine rings is 1. The summed E-state index contributed by atoms with van der Waals surface area (Å²) in [6.45, 7) is 15.8. The molecule has 55 heavy (non-hydrogen) atoms. The number of nitrogens with zero attached hydrogens (tertiary/aromatic N) is 5. The predicted octanol–water partition coefficient (Wildman–Crippen LogP) is 3.59. The molecule has 2 aliphatic heterocycles. The highest BCUT2D eigenvalue weighted by atomic mass is 32.1. The molecule has 2 aromatic heterocycles. The number of carbonyl (C=O) groups is 4. The van der Waals surface area contributed by atoms with Crippen LogP contribution in [0.5, 0.6) is 0 Å². The fourth-order valence-electron chi connectivity index (χ4n) is 7.35. The minimum absolute atomic E-state index is 0.00829. The van der Waals surface area contributed by atoms with E-state index in [1.807, 2.05) is 70.5 Å². The molecule has 0 bridgehead atoms. The van der Waals surface area contributed by atoms with Gasteiger partial charge in [0.2, 0.25) is 17.7 Å². The van der Waals surface area contributed by atoms with Crippen LogP contribution >= 0.6 is 11.3 Å². The zero-order valence-electron chi connectivity index (χ0n) is 33.1. The van der Waals surface area contributed by atoms with Gasteiger partial charge >= 0.3 is 5.97 Å². The minimum Gasteiger partial charge on any atom is -0.465 e. The van der Waals surface area contributed by atoms with Gasteiger partial charge in [0.1, 0.15) is 24.5 Å². The maximum Gasteiger partial charge on any atom is 0.339 e. The lowest BCUT2D eigenvalue weighted by Gasteiger charge is -2.45. The number of rotatable bonds is 13. The largest absolute Gasteiger partial charge is 0.465 e. The molecule has 2 fully saturated rings. The van der Waals surface area contributed by atoms with Gasteiger partial charge in [0, 0.05) is 50.9 Å². The Morgan fingerprint density at radius 2 is 1.69 bits per heavy atom. The van der Waals surface area contributed by atoms with Crippen LogP contribution < -0.4 is 15.5 Å². The molecule has 0 saturated carbocycles. The zero-order chi connectivity index (χ0) is 40.0. The number of ether oxygens (including phenoxy) is 2. The Hall–Kier alpha value is -4.44. The Bertz CT molecular complexity index is 1780. The van der Waals surface area contributed by atoms with Crippen molar-refractivity contribution in [2.24, 2.45) is 5.41 Å². The molecule has 0 radical (unpaired) electrons. The Balaban J connectivity index is 1.11. The van der Waals surface area contributed by atoms with Gasteiger partial charge in [-0.15, -0.1) is 11.3 Å². The molecule has 0 aliphatic carbocycles. The van der Waals surface area contributed by atoms with Gasteiger partial charge in [-0.3, -0.25) is 19.3 Å². The van der Waals surface area contributed by atoms with Crippen molar-refractivity contribution in [3.05, 3.63) is 64.9 Å². The molecule has 2 saturated heterocycles. The number of thiazole rings is 1. The number of likely N-dealkylation sites (tertiary alicyclic amines) is 1. The van der Waals surface area contributed by atoms with Crippen LogP contribution in [0.1, 0.15) is 75.6 Å². The highest BCUT2D eigenvalue weighted by molar-refractivity contribution is 7.13. The summed E-state index contributed by atoms with van der Waals surface area (Å²) >= 11 is 1.58. The van der Waals surface area contributed by atoms with E-state index in [-0.39, 0.29) is 43.6 Å². The molecule has 14 nitrogen and oxygen atoms in total. The number of hydrogen-bond donors (Lipinski definition) is 3. The number of aromatic nitrogens is 2. The maximum atomic E-state index is 14.1. The lowest BCUT2D eigenvalue weighted by atomic mass is 9.85. The molecule has 3 amide bonds. The van der Waals surface area contributed by atoms with Gasteiger partial charge in [0.05, 0.1) is 47.5 Å². The van der Waals surface area contributed by atoms with Crippen LogP contribution in [0.15, 0.2) is 48.1 Å². The number of methoxy groups -OCH3 is 1. The van der Waals surface area contributed by atoms with Crippen molar-refractivity contribution in [3.63, 3.8) is 0 Å². The molecule has 3 unspecified atom stereocenters. The lowest BCUT2D eigenvalue weighted by Crippen LogP contribution is -2.58. The van der Waals surface area contributed by atoms with E-state index in [0.717, 1.165) is 40.6 Å². The van der Waals surface area contributed by atoms with Crippen molar-refractivity contribution < 1.29 is 33.8 Å². The third-order valence-electron chi connectivity index (χ3n) is 10.4. The minimum atomic E-state index is -0.951. The van der Waals surface area contributed by atoms with Gasteiger partial charge in [0.25, 0.3) is 0 Å². The van der Waals surface area contributed by atoms with E-state index >= 15 is 0 Å². The molecule has 3 aromatic rings. The smallest absolute Gasteiger partial charge is 0.339 e. The number of benzene rings is 1. The van der Waals surface area contributed by atoms with E-state index in [2.05, 4.69) is 44.2 Å². The average Bonchev–Trinajstić information content (AvgIpc) is 3.77. The van der Waals surface area contributed by atoms with E-state index in [1.165, 1.54) is 18.2 Å². The Morgan fingerprint density at radius 3 is 2.27 bits per heavy atom. The second-order valence-corrected chi connectivity index (χ2v) is 16.5. The molecule has 15 heteroatoms. The fraction of sp³-hybridized carbons (Fsp3) is 0.550. The van der Waals surface area contributed by atoms with Crippen LogP contribution in [-0.4, -0.2) is 125 Å². The molecule has 298 valence electrons. The van der Waals surface area contributed by atoms with Crippen LogP contribution in [0.2, 0.25) is 0 Å². The molecule has 1 aromatic carbocycles. The number of aliphatic hydroxyl groups is 1. The van der Waals surface area contributed by atoms with Crippen LogP contribution in [0.4, 0.5) is 5.82 Å². The van der Waals surface area contributed by atoms with Gasteiger partial charge in [-0.25, -0.2) is 14.8 Å². The van der Waals surface area contributed by atoms with Crippen molar-refractivity contribution in [1.82, 2.24) is 30.4 Å². The number of piperazine rings is 1. The number of carbonyl (C=O) groups excluding carboxylic acids is 4. The summed E-state index contributed by atoms with van der Waals surface area (Å²) in [7, 11) is 1.34. The van der Waals surface area contributed by atoms with Crippen molar-refractivity contribution in [3.8, 4) is 10.4 Å². The van der Waals surface area contributed by atoms with Crippen molar-refractivity contribution in [2.45, 2.75) is 91.2 Å². The van der Waals surface area contributed by atoms with Gasteiger partial charge in [-0.05, 0) is 56.4 Å². The Labute approximate surface area is 327 Å². The number of β-amino-alcohol motifs (C(OH)–C–C–N with tert-alkyl or cyclic N) is 1. The van der Waals surface area contributed by atoms with E-state index in [1.54, 1.807) is 17.4 Å². The molecule has 0 spiro atoms. The predicted molar refractivity (Wildman–Crippen MR) is 211 cm³/mol. The van der Waals surface area contributed by atoms with Crippen molar-refractivity contribution in [2.75, 3.05) is 51.4 Å². The number of amides is 3. The number of esters is 1. The topological polar surface area (TPSA) is 167 Å². The highest BCUT2D eigenvalue weighted by Gasteiger charge is 2.44. The first-order valence-corrected chi connectivity index (χ1v) is 19.7. The number of anilines is 1. The summed E-state index contributed by atoms with van der Waals surface area (Å²) in [5.74, 6) is -0.863. The standard InChI is InChI=1S/C40H55N7O7S/c1-24-19-45(33-14-13-30(18-41-33)39(52)53-8)20-25(2)46(24)15-16-54-22-34(49)44-36(40(5,6)7)38(51)47-21-31(48)17-32(47)37(50)43-26(3)28-9-11-29(12-10-28)35-27(4)42-23-55-35/h9-14,18,23-26,31-32,36,48H,15-17,19-22H2,1-8H3,(H,43,50)(H,44,49)/t24-,25+,26?,31-,32?,36?/m1/s1. The highest BCUT2D eigenvalue weighted by Crippen LogP contribution is 2.30. The second-order valence-electron chi connectivity index (χ2n) is 15.7. The number of aliphatic hydroxyl groups excluding tert-OH is 1. The zero-order valence-corrected chi connectivity index (χ0v) is 33.9. The number of hydrogen-bond acceptors (Lipinski definition) is 12. The van der Waals surface area contributed by atoms with Gasteiger partial charge in [-0.2, -0.15) is 0 Å². The van der Waals surface area contributed by atoms with Crippen LogP contribution in [0, 0.1) is 12.3 Å². The molecule has 2 aliphatic rings. The van der Waals surface area contributed by atoms with Gasteiger partial charge in [0.15, 0.2) is 0 Å². The van der Waals surface area contributed by atoms with Crippen LogP contribution in [0.3, 0.4) is 0 Å². The van der Waals surface area contributed by atoms with Crippen molar-refractivity contribution >= 4 is 40.8 Å². The SMILES string of the molecule is COC(=O)c1ccc(N2C[C@@H](C)N(CCOCC(=O)NC(C(=O)N3C[C@H](O)CC3C(=O)NC(C)c3ccc(-c4scnc4C)cc3)C(C)(C)C)[C@@H](C)C2)nc1. The van der Waals surface area contributed by atoms with E-state index in [0.29, 0.717) is 18.7 Å². The van der Waals surface area contributed by atoms with Crippen LogP contribution in [-0.2, 0) is 23.9 Å². The molecule has 3 N–H and O–H groups in total. The summed E-state index contributed by atoms with van der Waals surface area (Å²) in [5, 5.41) is 16.5. The number of nitrogens with one attached hydrogen (secondary N) is 2. The first-order chi connectivity index (χ1) is 26.1. The van der Waals surface area contributed by atoms with E-state index in [4.69, 9.17) is 9.47 Å². The third-order valence-corrected chi connectivity index (χ3v) is 11.4. The molecule has 6 atom stereocenters. The summed E-state index contributed by atoms with van der Waals surface area (Å²) in [5.41, 5.74) is 4.46. The monoisotopic (exact) mass is 777 g/mol. The normalized spacial score (nSPS) is 21.5. The first-order valence-electron chi connectivity index (χ1n) is 18.8. The second kappa shape index (κ2) is 18.0. The van der Waals surface area contributed by atoms with E-state index in [9.17, 15) is 24.3 Å². The number of aryl methyl sites for hydroxylation is 1. The summed E-state index contributed by atoms with van der Waals surface area (Å²) in [6.07, 6.45) is 0.758. The third kappa shape index (κ3) is 10.3. The lowest BCUT2D eigenvalue weighted by molar-refractivity contribution is -0.144. The summed E-state index contributed by atoms with van der Waals surface area (Å²) < 4.78 is 10.6. The van der Waals surface area contributed by atoms with Gasteiger partial charge < -0.3 is 35.0 Å². The summed E-state index contributed by atoms with van der Waals surface area (Å²) in [6, 6.07) is 9.65. The average molecular weight is 778 g/mol. The van der Waals surface area contributed by atoms with Crippen LogP contribution in [0.25, 0.3) is 10.4 Å². The molecule has 5 rings (SSSR count). The fourth-order valence-corrected chi connectivity index (χ4v) is 8.16. The Morgan fingerprint density at radius 1 is 1.00 bits per heavy atom. The first kappa shape index (κ1) is 41.7. The summed E-state index contributed by atoms with van der Waals surface area (Å²) in [4.78, 5) is 68.4.